The summed E-state index contributed by atoms with van der Waals surface area (Å²) in [5.41, 5.74) is 13.8. The van der Waals surface area contributed by atoms with Gasteiger partial charge in [0, 0.05) is 50.4 Å². The number of hydrogen-bond acceptors (Lipinski definition) is 4. The normalized spacial score (nSPS) is 14.1. The molecule has 8 aromatic rings. The average Bonchev–Trinajstić information content (AvgIpc) is 3.70. The number of anilines is 5. The molecule has 2 aliphatic carbocycles. The molecule has 0 amide bonds. The van der Waals surface area contributed by atoms with Crippen LogP contribution >= 0.6 is 0 Å². The molecule has 2 aliphatic rings. The first-order chi connectivity index (χ1) is 26.5. The Hall–Kier alpha value is -6.83. The molecule has 258 valence electrons. The van der Waals surface area contributed by atoms with Gasteiger partial charge in [0.2, 0.25) is 0 Å². The second kappa shape index (κ2) is 12.4. The van der Waals surface area contributed by atoms with E-state index in [-0.39, 0.29) is 5.41 Å². The molecule has 1 heterocycles. The molecule has 0 spiro atoms. The number of rotatable bonds is 6. The maximum absolute atomic E-state index is 10.0. The lowest BCUT2D eigenvalue weighted by Gasteiger charge is -2.32. The van der Waals surface area contributed by atoms with Crippen LogP contribution < -0.4 is 9.80 Å². The number of para-hydroxylation sites is 2. The molecular weight excluding hydrogens is 659 g/mol. The maximum atomic E-state index is 10.0. The fraction of sp³-hybridized carbons (Fsp3) is 0.100. The molecule has 0 atom stereocenters. The van der Waals surface area contributed by atoms with Crippen molar-refractivity contribution in [1.29, 1.82) is 5.26 Å². The first kappa shape index (κ1) is 31.9. The van der Waals surface area contributed by atoms with E-state index in [4.69, 9.17) is 4.42 Å². The van der Waals surface area contributed by atoms with Crippen molar-refractivity contribution in [1.82, 2.24) is 0 Å². The largest absolute Gasteiger partial charge is 0.456 e. The maximum Gasteiger partial charge on any atom is 0.137 e. The predicted octanol–water partition coefficient (Wildman–Crippen LogP) is 13.8. The lowest BCUT2D eigenvalue weighted by molar-refractivity contribution is 0.666. The number of nitriles is 1. The third-order valence-electron chi connectivity index (χ3n) is 11.3. The zero-order chi connectivity index (χ0) is 36.4. The molecule has 4 heteroatoms. The van der Waals surface area contributed by atoms with Gasteiger partial charge in [0.1, 0.15) is 17.2 Å². The van der Waals surface area contributed by atoms with Crippen LogP contribution in [0.4, 0.5) is 28.4 Å². The first-order valence-corrected chi connectivity index (χ1v) is 18.6. The van der Waals surface area contributed by atoms with Gasteiger partial charge in [-0.05, 0) is 107 Å². The standard InChI is InChI=1S/C50H37N3O/c1-50(2)44-23-13-12-20-38(44)43-31-46(39-21-10-11-22-41(39)49(43)50)53(35-18-7-4-8-19-35)36-26-28-47-42(29-36)40-27-25-37(30-48(40)54-47)52(34-16-5-3-6-17-34)45-24-14-9-15-33(45)32-51/h3-7,9-18,20-31H,8,19H2,1-2H3. The minimum atomic E-state index is -0.109. The van der Waals surface area contributed by atoms with E-state index in [0.717, 1.165) is 57.5 Å². The van der Waals surface area contributed by atoms with E-state index < -0.39 is 0 Å². The summed E-state index contributed by atoms with van der Waals surface area (Å²) in [5, 5.41) is 14.7. The molecule has 0 saturated heterocycles. The average molecular weight is 696 g/mol. The zero-order valence-electron chi connectivity index (χ0n) is 30.3. The fourth-order valence-electron chi connectivity index (χ4n) is 8.86. The Bertz CT molecular complexity index is 2890. The van der Waals surface area contributed by atoms with E-state index in [1.54, 1.807) is 0 Å². The third kappa shape index (κ3) is 4.90. The van der Waals surface area contributed by atoms with E-state index in [9.17, 15) is 5.26 Å². The molecule has 4 nitrogen and oxygen atoms in total. The highest BCUT2D eigenvalue weighted by molar-refractivity contribution is 6.10. The van der Waals surface area contributed by atoms with Crippen molar-refractivity contribution in [2.24, 2.45) is 0 Å². The molecule has 0 saturated carbocycles. The van der Waals surface area contributed by atoms with Crippen LogP contribution in [0.5, 0.6) is 0 Å². The lowest BCUT2D eigenvalue weighted by atomic mass is 9.80. The van der Waals surface area contributed by atoms with Gasteiger partial charge in [-0.1, -0.05) is 105 Å². The topological polar surface area (TPSA) is 43.4 Å². The molecule has 0 radical (unpaired) electrons. The van der Waals surface area contributed by atoms with Crippen LogP contribution in [0.15, 0.2) is 174 Å². The van der Waals surface area contributed by atoms with Crippen molar-refractivity contribution >= 4 is 61.1 Å². The van der Waals surface area contributed by atoms with Crippen LogP contribution in [0.25, 0.3) is 43.8 Å². The Kier molecular flexibility index (Phi) is 7.32. The summed E-state index contributed by atoms with van der Waals surface area (Å²) in [4.78, 5) is 4.60. The van der Waals surface area contributed by atoms with Crippen molar-refractivity contribution in [3.8, 4) is 17.2 Å². The summed E-state index contributed by atoms with van der Waals surface area (Å²) < 4.78 is 6.61. The monoisotopic (exact) mass is 695 g/mol. The minimum absolute atomic E-state index is 0.109. The second-order valence-electron chi connectivity index (χ2n) is 14.8. The molecule has 10 rings (SSSR count). The zero-order valence-corrected chi connectivity index (χ0v) is 30.3. The number of fused-ring (bicyclic) bond motifs is 8. The molecule has 0 fully saturated rings. The number of hydrogen-bond donors (Lipinski definition) is 0. The van der Waals surface area contributed by atoms with Crippen molar-refractivity contribution in [2.45, 2.75) is 32.1 Å². The smallest absolute Gasteiger partial charge is 0.137 e. The second-order valence-corrected chi connectivity index (χ2v) is 14.8. The van der Waals surface area contributed by atoms with Crippen LogP contribution in [-0.2, 0) is 5.41 Å². The van der Waals surface area contributed by atoms with Gasteiger partial charge in [-0.3, -0.25) is 0 Å². The van der Waals surface area contributed by atoms with Gasteiger partial charge in [-0.15, -0.1) is 0 Å². The summed E-state index contributed by atoms with van der Waals surface area (Å²) in [6.45, 7) is 4.72. The minimum Gasteiger partial charge on any atom is -0.456 e. The highest BCUT2D eigenvalue weighted by atomic mass is 16.3. The quantitative estimate of drug-likeness (QED) is 0.174. The number of benzene rings is 7. The van der Waals surface area contributed by atoms with E-state index >= 15 is 0 Å². The third-order valence-corrected chi connectivity index (χ3v) is 11.3. The summed E-state index contributed by atoms with van der Waals surface area (Å²) in [6, 6.07) is 53.5. The highest BCUT2D eigenvalue weighted by Crippen LogP contribution is 2.54. The molecule has 54 heavy (non-hydrogen) atoms. The Labute approximate surface area is 315 Å². The Morgan fingerprint density at radius 1 is 0.593 bits per heavy atom. The summed E-state index contributed by atoms with van der Waals surface area (Å²) >= 11 is 0. The van der Waals surface area contributed by atoms with Gasteiger partial charge in [0.15, 0.2) is 0 Å². The van der Waals surface area contributed by atoms with Crippen molar-refractivity contribution < 1.29 is 4.42 Å². The van der Waals surface area contributed by atoms with E-state index in [1.807, 2.05) is 42.5 Å². The van der Waals surface area contributed by atoms with E-state index in [1.165, 1.54) is 44.4 Å². The van der Waals surface area contributed by atoms with Crippen molar-refractivity contribution in [2.75, 3.05) is 9.80 Å². The molecule has 1 aromatic heterocycles. The molecule has 0 bridgehead atoms. The fourth-order valence-corrected chi connectivity index (χ4v) is 8.86. The Morgan fingerprint density at radius 3 is 2.17 bits per heavy atom. The van der Waals surface area contributed by atoms with Gasteiger partial charge in [0.25, 0.3) is 0 Å². The van der Waals surface area contributed by atoms with Gasteiger partial charge < -0.3 is 14.2 Å². The predicted molar refractivity (Wildman–Crippen MR) is 223 cm³/mol. The SMILES string of the molecule is CC1(C)c2ccccc2-c2cc(N(C3=CC=CCC3)c3ccc4oc5cc(N(c6ccccc6)c6ccccc6C#N)ccc5c4c3)c3ccccc3c21. The van der Waals surface area contributed by atoms with Gasteiger partial charge in [0.05, 0.1) is 16.9 Å². The van der Waals surface area contributed by atoms with Crippen LogP contribution in [-0.4, -0.2) is 0 Å². The van der Waals surface area contributed by atoms with Gasteiger partial charge in [-0.2, -0.15) is 5.26 Å². The van der Waals surface area contributed by atoms with Crippen molar-refractivity contribution in [3.05, 3.63) is 186 Å². The first-order valence-electron chi connectivity index (χ1n) is 18.6. The summed E-state index contributed by atoms with van der Waals surface area (Å²) in [5.74, 6) is 0. The highest BCUT2D eigenvalue weighted by Gasteiger charge is 2.38. The van der Waals surface area contributed by atoms with Crippen LogP contribution in [0.1, 0.15) is 43.4 Å². The summed E-state index contributed by atoms with van der Waals surface area (Å²) in [6.07, 6.45) is 8.64. The van der Waals surface area contributed by atoms with Gasteiger partial charge >= 0.3 is 0 Å². The number of allylic oxidation sites excluding steroid dienone is 4. The Morgan fingerprint density at radius 2 is 1.33 bits per heavy atom. The molecule has 7 aromatic carbocycles. The van der Waals surface area contributed by atoms with E-state index in [0.29, 0.717) is 5.56 Å². The molecule has 0 N–H and O–H groups in total. The lowest BCUT2D eigenvalue weighted by Crippen LogP contribution is -2.19. The Balaban J connectivity index is 1.16. The van der Waals surface area contributed by atoms with Crippen LogP contribution in [0.2, 0.25) is 0 Å². The summed E-state index contributed by atoms with van der Waals surface area (Å²) in [7, 11) is 0. The molecule has 0 unspecified atom stereocenters. The molecular formula is C50H37N3O. The number of furan rings is 1. The van der Waals surface area contributed by atoms with Crippen LogP contribution in [0, 0.1) is 11.3 Å². The van der Waals surface area contributed by atoms with Gasteiger partial charge in [-0.25, -0.2) is 0 Å². The number of nitrogens with zero attached hydrogens (tertiary/aromatic N) is 3. The molecule has 0 aliphatic heterocycles. The van der Waals surface area contributed by atoms with Crippen molar-refractivity contribution in [3.63, 3.8) is 0 Å². The van der Waals surface area contributed by atoms with Crippen LogP contribution in [0.3, 0.4) is 0 Å². The van der Waals surface area contributed by atoms with E-state index in [2.05, 4.69) is 151 Å².